The smallest absolute Gasteiger partial charge is 0.335 e. The second-order valence-electron chi connectivity index (χ2n) is 4.27. The van der Waals surface area contributed by atoms with Gasteiger partial charge in [0.25, 0.3) is 0 Å². The summed E-state index contributed by atoms with van der Waals surface area (Å²) in [6.45, 7) is 6.77. The van der Waals surface area contributed by atoms with Crippen LogP contribution in [0.2, 0.25) is 0 Å². The van der Waals surface area contributed by atoms with Gasteiger partial charge in [0.05, 0.1) is 30.6 Å². The molecule has 3 unspecified atom stereocenters. The lowest BCUT2D eigenvalue weighted by molar-refractivity contribution is -0.0935. The minimum Gasteiger partial charge on any atom is -0.396 e. The van der Waals surface area contributed by atoms with Crippen molar-refractivity contribution < 1.29 is 23.4 Å². The summed E-state index contributed by atoms with van der Waals surface area (Å²) in [6.07, 6.45) is 0.796. The van der Waals surface area contributed by atoms with E-state index in [-0.39, 0.29) is 17.4 Å². The molecule has 8 heteroatoms. The lowest BCUT2D eigenvalue weighted by atomic mass is 10.4. The molecule has 0 amide bonds. The zero-order valence-electron chi connectivity index (χ0n) is 12.3. The van der Waals surface area contributed by atoms with Gasteiger partial charge in [-0.25, -0.2) is 0 Å². The molecular formula is C12H25Cl2O5P. The van der Waals surface area contributed by atoms with Gasteiger partial charge in [0.15, 0.2) is 6.29 Å². The predicted octanol–water partition coefficient (Wildman–Crippen LogP) is 3.65. The first kappa shape index (κ1) is 20.8. The van der Waals surface area contributed by atoms with Gasteiger partial charge in [-0.2, -0.15) is 0 Å². The minimum absolute atomic E-state index is 0.0890. The Balaban J connectivity index is 4.19. The lowest BCUT2D eigenvalue weighted by Gasteiger charge is -2.23. The van der Waals surface area contributed by atoms with E-state index in [1.54, 1.807) is 0 Å². The van der Waals surface area contributed by atoms with E-state index >= 15 is 0 Å². The quantitative estimate of drug-likeness (QED) is 0.238. The zero-order chi connectivity index (χ0) is 15.4. The highest BCUT2D eigenvalue weighted by Crippen LogP contribution is 2.42. The maximum atomic E-state index is 8.73. The fourth-order valence-corrected chi connectivity index (χ4v) is 2.61. The largest absolute Gasteiger partial charge is 0.396 e. The van der Waals surface area contributed by atoms with Crippen molar-refractivity contribution in [1.29, 1.82) is 0 Å². The molecule has 0 saturated carbocycles. The van der Waals surface area contributed by atoms with Gasteiger partial charge >= 0.3 is 8.60 Å². The molecule has 0 heterocycles. The van der Waals surface area contributed by atoms with E-state index in [1.807, 2.05) is 20.8 Å². The van der Waals surface area contributed by atoms with Crippen molar-refractivity contribution in [2.75, 3.05) is 26.4 Å². The lowest BCUT2D eigenvalue weighted by Crippen LogP contribution is -2.18. The summed E-state index contributed by atoms with van der Waals surface area (Å²) in [5, 5.41) is 8.47. The van der Waals surface area contributed by atoms with E-state index in [0.717, 1.165) is 0 Å². The number of rotatable bonds is 13. The van der Waals surface area contributed by atoms with Crippen LogP contribution in [-0.2, 0) is 18.3 Å². The molecule has 0 aliphatic heterocycles. The first-order valence-electron chi connectivity index (χ1n) is 6.72. The van der Waals surface area contributed by atoms with Crippen molar-refractivity contribution in [3.63, 3.8) is 0 Å². The Kier molecular flexibility index (Phi) is 14.0. The normalized spacial score (nSPS) is 17.7. The summed E-state index contributed by atoms with van der Waals surface area (Å²) in [6, 6.07) is 0. The number of halogens is 2. The van der Waals surface area contributed by atoms with E-state index in [2.05, 4.69) is 0 Å². The third kappa shape index (κ3) is 12.5. The van der Waals surface area contributed by atoms with Crippen LogP contribution in [0.3, 0.4) is 0 Å². The zero-order valence-corrected chi connectivity index (χ0v) is 14.7. The van der Waals surface area contributed by atoms with Crippen LogP contribution in [0.25, 0.3) is 0 Å². The maximum absolute atomic E-state index is 8.73. The molecule has 122 valence electrons. The molecule has 0 aromatic rings. The predicted molar refractivity (Wildman–Crippen MR) is 82.3 cm³/mol. The highest BCUT2D eigenvalue weighted by atomic mass is 35.5. The average molecular weight is 351 g/mol. The molecule has 0 aliphatic carbocycles. The number of hydrogen-bond donors (Lipinski definition) is 1. The molecule has 0 aromatic carbocycles. The highest BCUT2D eigenvalue weighted by molar-refractivity contribution is 7.41. The Bertz CT molecular complexity index is 210. The standard InChI is InChI=1S/C12H25Cl2O5P/c1-4-12(16-7-5-6-15)19-20(17-8-10(2)13)18-9-11(3)14/h10-12,15H,4-9H2,1-3H3. The summed E-state index contributed by atoms with van der Waals surface area (Å²) >= 11 is 11.7. The Labute approximate surface area is 132 Å². The van der Waals surface area contributed by atoms with Crippen LogP contribution in [0.4, 0.5) is 0 Å². The van der Waals surface area contributed by atoms with Gasteiger partial charge in [-0.05, 0) is 26.7 Å². The van der Waals surface area contributed by atoms with Gasteiger partial charge in [0, 0.05) is 6.61 Å². The molecule has 0 saturated heterocycles. The molecule has 20 heavy (non-hydrogen) atoms. The van der Waals surface area contributed by atoms with Crippen molar-refractivity contribution >= 4 is 31.8 Å². The number of hydrogen-bond acceptors (Lipinski definition) is 5. The summed E-state index contributed by atoms with van der Waals surface area (Å²) in [7, 11) is -1.55. The molecule has 0 spiro atoms. The van der Waals surface area contributed by atoms with Gasteiger partial charge in [0.2, 0.25) is 0 Å². The number of ether oxygens (including phenoxy) is 1. The first-order valence-corrected chi connectivity index (χ1v) is 8.69. The molecule has 1 N–H and O–H groups in total. The number of aliphatic hydroxyl groups excluding tert-OH is 1. The SMILES string of the molecule is CCC(OCCCO)OP(OCC(C)Cl)OCC(C)Cl. The Morgan fingerprint density at radius 1 is 1.10 bits per heavy atom. The summed E-state index contributed by atoms with van der Waals surface area (Å²) in [5.74, 6) is 0. The van der Waals surface area contributed by atoms with Crippen LogP contribution in [0, 0.1) is 0 Å². The van der Waals surface area contributed by atoms with E-state index in [9.17, 15) is 0 Å². The van der Waals surface area contributed by atoms with Crippen molar-refractivity contribution in [3.05, 3.63) is 0 Å². The van der Waals surface area contributed by atoms with Crippen LogP contribution in [0.5, 0.6) is 0 Å². The van der Waals surface area contributed by atoms with Crippen LogP contribution < -0.4 is 0 Å². The molecule has 0 rings (SSSR count). The molecule has 0 fully saturated rings. The Hall–Kier alpha value is 0.810. The van der Waals surface area contributed by atoms with Crippen molar-refractivity contribution in [2.45, 2.75) is 50.7 Å². The van der Waals surface area contributed by atoms with E-state index in [1.165, 1.54) is 0 Å². The topological polar surface area (TPSA) is 57.2 Å². The third-order valence-electron chi connectivity index (χ3n) is 1.96. The Morgan fingerprint density at radius 3 is 2.05 bits per heavy atom. The molecule has 5 nitrogen and oxygen atoms in total. The first-order chi connectivity index (χ1) is 9.49. The van der Waals surface area contributed by atoms with E-state index < -0.39 is 14.9 Å². The van der Waals surface area contributed by atoms with Crippen LogP contribution >= 0.6 is 31.8 Å². The van der Waals surface area contributed by atoms with E-state index in [4.69, 9.17) is 46.6 Å². The molecule has 3 atom stereocenters. The third-order valence-corrected chi connectivity index (χ3v) is 3.34. The van der Waals surface area contributed by atoms with Crippen molar-refractivity contribution in [1.82, 2.24) is 0 Å². The van der Waals surface area contributed by atoms with E-state index in [0.29, 0.717) is 32.7 Å². The summed E-state index contributed by atoms with van der Waals surface area (Å²) in [4.78, 5) is 0. The van der Waals surface area contributed by atoms with Gasteiger partial charge < -0.3 is 18.9 Å². The molecule has 0 aliphatic rings. The summed E-state index contributed by atoms with van der Waals surface area (Å²) < 4.78 is 22.1. The number of alkyl halides is 2. The second-order valence-corrected chi connectivity index (χ2v) is 6.93. The highest BCUT2D eigenvalue weighted by Gasteiger charge is 2.20. The molecule has 0 aromatic heterocycles. The molecular weight excluding hydrogens is 326 g/mol. The molecule has 0 radical (unpaired) electrons. The molecule has 0 bridgehead atoms. The van der Waals surface area contributed by atoms with Crippen LogP contribution in [0.1, 0.15) is 33.6 Å². The van der Waals surface area contributed by atoms with Crippen molar-refractivity contribution in [3.8, 4) is 0 Å². The van der Waals surface area contributed by atoms with Crippen LogP contribution in [-0.4, -0.2) is 48.6 Å². The summed E-state index contributed by atoms with van der Waals surface area (Å²) in [5.41, 5.74) is 0. The second kappa shape index (κ2) is 13.5. The number of aliphatic hydroxyl groups is 1. The maximum Gasteiger partial charge on any atom is 0.335 e. The average Bonchev–Trinajstić information content (AvgIpc) is 2.39. The van der Waals surface area contributed by atoms with Crippen LogP contribution in [0.15, 0.2) is 0 Å². The monoisotopic (exact) mass is 350 g/mol. The van der Waals surface area contributed by atoms with Gasteiger partial charge in [-0.15, -0.1) is 23.2 Å². The Morgan fingerprint density at radius 2 is 1.65 bits per heavy atom. The minimum atomic E-state index is -1.55. The fourth-order valence-electron chi connectivity index (χ4n) is 1.02. The van der Waals surface area contributed by atoms with Crippen molar-refractivity contribution in [2.24, 2.45) is 0 Å². The van der Waals surface area contributed by atoms with Gasteiger partial charge in [-0.1, -0.05) is 6.92 Å². The van der Waals surface area contributed by atoms with Gasteiger partial charge in [0.1, 0.15) is 0 Å². The van der Waals surface area contributed by atoms with Gasteiger partial charge in [-0.3, -0.25) is 4.52 Å². The fraction of sp³-hybridized carbons (Fsp3) is 1.00.